The van der Waals surface area contributed by atoms with E-state index in [4.69, 9.17) is 0 Å². The molecule has 0 bridgehead atoms. The maximum Gasteiger partial charge on any atom is 0.0546 e. The molecule has 9 aromatic rings. The number of rotatable bonds is 8. The van der Waals surface area contributed by atoms with Crippen LogP contribution in [0.4, 0.5) is 17.1 Å². The lowest BCUT2D eigenvalue weighted by molar-refractivity contribution is 1.30. The highest BCUT2D eigenvalue weighted by molar-refractivity contribution is 7.20. The highest BCUT2D eigenvalue weighted by Crippen LogP contribution is 2.44. The fraction of sp³-hybridized carbons (Fsp3) is 0.0196. The molecule has 0 saturated carbocycles. The van der Waals surface area contributed by atoms with Gasteiger partial charge in [-0.05, 0) is 104 Å². The highest BCUT2D eigenvalue weighted by Gasteiger charge is 2.19. The Labute approximate surface area is 323 Å². The van der Waals surface area contributed by atoms with E-state index in [0.29, 0.717) is 0 Å². The molecule has 0 unspecified atom stereocenters. The second-order valence-electron chi connectivity index (χ2n) is 13.4. The van der Waals surface area contributed by atoms with Gasteiger partial charge in [0.15, 0.2) is 0 Å². The van der Waals surface area contributed by atoms with Crippen molar-refractivity contribution >= 4 is 106 Å². The van der Waals surface area contributed by atoms with Crippen molar-refractivity contribution in [1.82, 2.24) is 0 Å². The molecule has 9 rings (SSSR count). The second-order valence-corrected chi connectivity index (χ2v) is 15.5. The van der Waals surface area contributed by atoms with Crippen molar-refractivity contribution in [3.63, 3.8) is 0 Å². The molecule has 3 heteroatoms. The van der Waals surface area contributed by atoms with Gasteiger partial charge in [-0.25, -0.2) is 0 Å². The number of nitrogens with zero attached hydrogens (tertiary/aromatic N) is 1. The molecular formula is C51H37NS2. The summed E-state index contributed by atoms with van der Waals surface area (Å²) in [5.74, 6) is 0. The summed E-state index contributed by atoms with van der Waals surface area (Å²) < 4.78 is 3.67. The smallest absolute Gasteiger partial charge is 0.0546 e. The van der Waals surface area contributed by atoms with Crippen molar-refractivity contribution in [2.75, 3.05) is 4.90 Å². The Morgan fingerprint density at radius 3 is 2.04 bits per heavy atom. The summed E-state index contributed by atoms with van der Waals surface area (Å²) in [6.07, 6.45) is 8.23. The molecule has 0 fully saturated rings. The van der Waals surface area contributed by atoms with Crippen molar-refractivity contribution in [2.45, 2.75) is 6.92 Å². The number of allylic oxidation sites excluding steroid dienone is 2. The Morgan fingerprint density at radius 1 is 0.630 bits per heavy atom. The average Bonchev–Trinajstić information content (AvgIpc) is 3.75. The van der Waals surface area contributed by atoms with E-state index in [1.54, 1.807) is 11.3 Å². The third kappa shape index (κ3) is 5.61. The van der Waals surface area contributed by atoms with Crippen molar-refractivity contribution in [1.29, 1.82) is 0 Å². The van der Waals surface area contributed by atoms with Crippen LogP contribution in [0.25, 0.3) is 77.1 Å². The molecule has 0 aliphatic rings. The average molecular weight is 728 g/mol. The maximum atomic E-state index is 4.47. The molecule has 258 valence electrons. The lowest BCUT2D eigenvalue weighted by Gasteiger charge is -2.28. The predicted molar refractivity (Wildman–Crippen MR) is 241 cm³/mol. The van der Waals surface area contributed by atoms with Gasteiger partial charge in [-0.15, -0.1) is 22.7 Å². The Hall–Kier alpha value is -6.26. The fourth-order valence-electron chi connectivity index (χ4n) is 7.76. The van der Waals surface area contributed by atoms with Crippen LogP contribution in [0, 0.1) is 0 Å². The summed E-state index contributed by atoms with van der Waals surface area (Å²) in [6.45, 7) is 14.9. The molecule has 54 heavy (non-hydrogen) atoms. The maximum absolute atomic E-state index is 4.47. The molecule has 0 aliphatic heterocycles. The first-order valence-electron chi connectivity index (χ1n) is 18.1. The van der Waals surface area contributed by atoms with Crippen LogP contribution in [-0.4, -0.2) is 0 Å². The van der Waals surface area contributed by atoms with E-state index in [2.05, 4.69) is 189 Å². The van der Waals surface area contributed by atoms with Crippen LogP contribution < -0.4 is 14.7 Å². The Morgan fingerprint density at radius 2 is 1.30 bits per heavy atom. The Bertz CT molecular complexity index is 3050. The van der Waals surface area contributed by atoms with Gasteiger partial charge in [0.05, 0.1) is 5.69 Å². The number of hydrogen-bond acceptors (Lipinski definition) is 3. The quantitative estimate of drug-likeness (QED) is 0.141. The van der Waals surface area contributed by atoms with Crippen molar-refractivity contribution < 1.29 is 0 Å². The van der Waals surface area contributed by atoms with E-state index in [1.807, 2.05) is 23.5 Å². The van der Waals surface area contributed by atoms with Crippen LogP contribution in [-0.2, 0) is 0 Å². The molecule has 0 amide bonds. The van der Waals surface area contributed by atoms with Crippen LogP contribution in [0.1, 0.15) is 22.9 Å². The SMILES string of the molecule is C=C/C(c1ccc(N(c2ccc(-c3cccc4c(C=C)c(/C=C\C)sc34)cc2)c2cccc3ccc4ccccc4c23)cc1)=c1/sc2ccccc2c1=C. The summed E-state index contributed by atoms with van der Waals surface area (Å²) in [5, 5.41) is 8.38. The van der Waals surface area contributed by atoms with E-state index in [0.717, 1.165) is 37.9 Å². The molecule has 7 aromatic carbocycles. The first-order chi connectivity index (χ1) is 26.6. The molecule has 0 spiro atoms. The van der Waals surface area contributed by atoms with Crippen molar-refractivity contribution in [3.05, 3.63) is 197 Å². The van der Waals surface area contributed by atoms with Gasteiger partial charge in [-0.1, -0.05) is 147 Å². The van der Waals surface area contributed by atoms with Gasteiger partial charge in [0.2, 0.25) is 0 Å². The number of hydrogen-bond donors (Lipinski definition) is 0. The Kier molecular flexibility index (Phi) is 8.67. The molecule has 2 heterocycles. The van der Waals surface area contributed by atoms with Crippen molar-refractivity contribution in [2.24, 2.45) is 0 Å². The Balaban J connectivity index is 1.21. The number of benzene rings is 7. The minimum absolute atomic E-state index is 1.05. The summed E-state index contributed by atoms with van der Waals surface area (Å²) >= 11 is 3.60. The number of anilines is 3. The minimum atomic E-state index is 1.05. The molecule has 0 atom stereocenters. The highest BCUT2D eigenvalue weighted by atomic mass is 32.1. The normalized spacial score (nSPS) is 12.2. The molecule has 1 nitrogen and oxygen atoms in total. The zero-order chi connectivity index (χ0) is 36.8. The van der Waals surface area contributed by atoms with E-state index in [1.165, 1.54) is 63.3 Å². The monoisotopic (exact) mass is 727 g/mol. The van der Waals surface area contributed by atoms with E-state index < -0.39 is 0 Å². The minimum Gasteiger partial charge on any atom is -0.310 e. The second kappa shape index (κ2) is 13.9. The van der Waals surface area contributed by atoms with Gasteiger partial charge in [-0.3, -0.25) is 0 Å². The molecule has 0 radical (unpaired) electrons. The molecule has 0 N–H and O–H groups in total. The fourth-order valence-corrected chi connectivity index (χ4v) is 10.3. The summed E-state index contributed by atoms with van der Waals surface area (Å²) in [4.78, 5) is 3.63. The van der Waals surface area contributed by atoms with Gasteiger partial charge in [0.1, 0.15) is 0 Å². The van der Waals surface area contributed by atoms with Crippen LogP contribution in [0.2, 0.25) is 0 Å². The largest absolute Gasteiger partial charge is 0.310 e. The van der Waals surface area contributed by atoms with E-state index in [9.17, 15) is 0 Å². The molecule has 2 aromatic heterocycles. The number of fused-ring (bicyclic) bond motifs is 5. The van der Waals surface area contributed by atoms with Crippen LogP contribution in [0.5, 0.6) is 0 Å². The van der Waals surface area contributed by atoms with Crippen molar-refractivity contribution in [3.8, 4) is 11.1 Å². The van der Waals surface area contributed by atoms with Gasteiger partial charge >= 0.3 is 0 Å². The van der Waals surface area contributed by atoms with Gasteiger partial charge in [-0.2, -0.15) is 0 Å². The van der Waals surface area contributed by atoms with Gasteiger partial charge < -0.3 is 4.90 Å². The first-order valence-corrected chi connectivity index (χ1v) is 19.8. The molecule has 0 saturated heterocycles. The van der Waals surface area contributed by atoms with Crippen LogP contribution in [0.3, 0.4) is 0 Å². The van der Waals surface area contributed by atoms with E-state index >= 15 is 0 Å². The standard InChI is InChI=1S/C51H37NS2/c1-5-14-47-41(7-3)45-20-13-19-44(51(45)54-47)36-27-31-39(32-28-36)52(46-21-12-16-37-24-23-34-15-8-9-18-43(34)49(37)46)38-29-25-35(26-30-38)40(6-2)50-33(4)42-17-10-11-22-48(42)53-50/h5-32H,2-4H2,1H3/b14-5-,50-40-. The van der Waals surface area contributed by atoms with Crippen LogP contribution in [0.15, 0.2) is 171 Å². The number of thiophene rings is 2. The summed E-state index contributed by atoms with van der Waals surface area (Å²) in [7, 11) is 0. The van der Waals surface area contributed by atoms with Gasteiger partial charge in [0.25, 0.3) is 0 Å². The predicted octanol–water partition coefficient (Wildman–Crippen LogP) is 14.0. The zero-order valence-corrected chi connectivity index (χ0v) is 31.7. The zero-order valence-electron chi connectivity index (χ0n) is 30.1. The third-order valence-electron chi connectivity index (χ3n) is 10.3. The van der Waals surface area contributed by atoms with E-state index in [-0.39, 0.29) is 0 Å². The third-order valence-corrected chi connectivity index (χ3v) is 12.8. The summed E-state index contributed by atoms with van der Waals surface area (Å²) in [5.41, 5.74) is 9.12. The van der Waals surface area contributed by atoms with Crippen LogP contribution >= 0.6 is 22.7 Å². The molecular weight excluding hydrogens is 691 g/mol. The first kappa shape index (κ1) is 33.6. The molecule has 0 aliphatic carbocycles. The van der Waals surface area contributed by atoms with Gasteiger partial charge in [0, 0.05) is 41.0 Å². The lowest BCUT2D eigenvalue weighted by atomic mass is 9.98. The lowest BCUT2D eigenvalue weighted by Crippen LogP contribution is -2.19. The summed E-state index contributed by atoms with van der Waals surface area (Å²) in [6, 6.07) is 52.8. The topological polar surface area (TPSA) is 3.24 Å².